The van der Waals surface area contributed by atoms with Crippen molar-refractivity contribution in [2.24, 2.45) is 0 Å². The maximum atomic E-state index is 13.4. The number of carboxylic acid groups (broad SMARTS) is 1. The molecule has 0 aromatic carbocycles. The highest BCUT2D eigenvalue weighted by atomic mass is 19.4. The van der Waals surface area contributed by atoms with E-state index in [1.807, 2.05) is 0 Å². The number of hydrogen-bond acceptors (Lipinski definition) is 1. The molecule has 0 amide bonds. The van der Waals surface area contributed by atoms with Crippen LogP contribution >= 0.6 is 0 Å². The summed E-state index contributed by atoms with van der Waals surface area (Å²) in [6.07, 6.45) is -11.2. The van der Waals surface area contributed by atoms with Crippen LogP contribution < -0.4 is 0 Å². The van der Waals surface area contributed by atoms with E-state index >= 15 is 0 Å². The SMILES string of the molecule is C[N+](C)(CC(=O)O)CC(F)C(F)(F)C(F)(F)C(F)(F)C(F)(F)F. The van der Waals surface area contributed by atoms with E-state index in [9.17, 15) is 48.7 Å². The first kappa shape index (κ1) is 21.7. The predicted molar refractivity (Wildman–Crippen MR) is 55.3 cm³/mol. The number of halogens is 10. The average molecular weight is 368 g/mol. The van der Waals surface area contributed by atoms with E-state index in [1.54, 1.807) is 0 Å². The Balaban J connectivity index is 5.57. The summed E-state index contributed by atoms with van der Waals surface area (Å²) < 4.78 is 125. The van der Waals surface area contributed by atoms with Crippen molar-refractivity contribution in [2.75, 3.05) is 27.2 Å². The highest BCUT2D eigenvalue weighted by Gasteiger charge is 2.83. The number of alkyl halides is 10. The van der Waals surface area contributed by atoms with Crippen LogP contribution in [0.5, 0.6) is 0 Å². The highest BCUT2D eigenvalue weighted by Crippen LogP contribution is 2.54. The molecule has 0 saturated heterocycles. The molecule has 0 heterocycles. The van der Waals surface area contributed by atoms with Crippen molar-refractivity contribution in [3.8, 4) is 0 Å². The van der Waals surface area contributed by atoms with Crippen LogP contribution in [-0.4, -0.2) is 72.9 Å². The molecule has 0 aliphatic carbocycles. The predicted octanol–water partition coefficient (Wildman–Crippen LogP) is 2.95. The number of carboxylic acids is 1. The summed E-state index contributed by atoms with van der Waals surface area (Å²) in [5.74, 6) is -22.3. The van der Waals surface area contributed by atoms with Crippen molar-refractivity contribution in [1.82, 2.24) is 0 Å². The number of carbonyl (C=O) groups is 1. The van der Waals surface area contributed by atoms with Gasteiger partial charge in [0.1, 0.15) is 6.54 Å². The van der Waals surface area contributed by atoms with Gasteiger partial charge in [-0.25, -0.2) is 9.18 Å². The van der Waals surface area contributed by atoms with Crippen LogP contribution in [0.1, 0.15) is 0 Å². The summed E-state index contributed by atoms with van der Waals surface area (Å²) >= 11 is 0. The summed E-state index contributed by atoms with van der Waals surface area (Å²) in [4.78, 5) is 10.4. The zero-order valence-corrected chi connectivity index (χ0v) is 11.6. The Morgan fingerprint density at radius 1 is 0.957 bits per heavy atom. The second-order valence-corrected chi connectivity index (χ2v) is 5.41. The molecule has 0 aromatic rings. The molecule has 0 aromatic heterocycles. The summed E-state index contributed by atoms with van der Waals surface area (Å²) in [5, 5.41) is 8.42. The van der Waals surface area contributed by atoms with E-state index in [0.717, 1.165) is 14.1 Å². The first-order valence-corrected chi connectivity index (χ1v) is 5.67. The Hall–Kier alpha value is -1.27. The van der Waals surface area contributed by atoms with E-state index in [2.05, 4.69) is 0 Å². The lowest BCUT2D eigenvalue weighted by Crippen LogP contribution is -2.65. The molecular weight excluding hydrogens is 356 g/mol. The molecule has 0 radical (unpaired) electrons. The van der Waals surface area contributed by atoms with Gasteiger partial charge in [-0.15, -0.1) is 0 Å². The minimum Gasteiger partial charge on any atom is -0.477 e. The Morgan fingerprint density at radius 3 is 1.65 bits per heavy atom. The first-order valence-electron chi connectivity index (χ1n) is 5.67. The number of hydrogen-bond donors (Lipinski definition) is 1. The molecular formula is C10H12F10NO2+. The monoisotopic (exact) mass is 368 g/mol. The normalized spacial score (nSPS) is 16.3. The number of rotatable bonds is 7. The Bertz CT molecular complexity index is 445. The third-order valence-corrected chi connectivity index (χ3v) is 2.78. The van der Waals surface area contributed by atoms with Crippen LogP contribution in [-0.2, 0) is 4.79 Å². The topological polar surface area (TPSA) is 37.3 Å². The molecule has 1 unspecified atom stereocenters. The van der Waals surface area contributed by atoms with E-state index in [4.69, 9.17) is 5.11 Å². The lowest BCUT2D eigenvalue weighted by molar-refractivity contribution is -0.886. The lowest BCUT2D eigenvalue weighted by Gasteiger charge is -2.37. The summed E-state index contributed by atoms with van der Waals surface area (Å²) in [6, 6.07) is 0. The zero-order valence-electron chi connectivity index (χ0n) is 11.6. The van der Waals surface area contributed by atoms with E-state index < -0.39 is 53.7 Å². The largest absolute Gasteiger partial charge is 0.477 e. The fourth-order valence-electron chi connectivity index (χ4n) is 1.56. The lowest BCUT2D eigenvalue weighted by atomic mass is 9.99. The van der Waals surface area contributed by atoms with Crippen molar-refractivity contribution >= 4 is 5.97 Å². The van der Waals surface area contributed by atoms with Gasteiger partial charge < -0.3 is 9.59 Å². The van der Waals surface area contributed by atoms with Gasteiger partial charge in [-0.05, 0) is 0 Å². The van der Waals surface area contributed by atoms with Crippen LogP contribution in [0.4, 0.5) is 43.9 Å². The number of likely N-dealkylation sites (N-methyl/N-ethyl adjacent to an activating group) is 1. The third kappa shape index (κ3) is 4.18. The van der Waals surface area contributed by atoms with Gasteiger partial charge in [-0.3, -0.25) is 0 Å². The highest BCUT2D eigenvalue weighted by molar-refractivity contribution is 5.67. The van der Waals surface area contributed by atoms with Crippen LogP contribution in [0.2, 0.25) is 0 Å². The zero-order chi connectivity index (χ0) is 19.1. The number of quaternary nitrogens is 1. The molecule has 0 aliphatic heterocycles. The maximum absolute atomic E-state index is 13.4. The van der Waals surface area contributed by atoms with E-state index in [0.29, 0.717) is 0 Å². The molecule has 1 atom stereocenters. The Morgan fingerprint density at radius 2 is 1.35 bits per heavy atom. The molecule has 138 valence electrons. The molecule has 0 spiro atoms. The van der Waals surface area contributed by atoms with Gasteiger partial charge in [0, 0.05) is 0 Å². The summed E-state index contributed by atoms with van der Waals surface area (Å²) in [7, 11) is 1.58. The van der Waals surface area contributed by atoms with Gasteiger partial charge in [0.2, 0.25) is 6.17 Å². The molecule has 0 saturated carbocycles. The second-order valence-electron chi connectivity index (χ2n) is 5.41. The van der Waals surface area contributed by atoms with Crippen molar-refractivity contribution in [3.63, 3.8) is 0 Å². The molecule has 13 heteroatoms. The van der Waals surface area contributed by atoms with Crippen molar-refractivity contribution in [2.45, 2.75) is 30.1 Å². The molecule has 0 rings (SSSR count). The van der Waals surface area contributed by atoms with Gasteiger partial charge in [-0.1, -0.05) is 0 Å². The molecule has 23 heavy (non-hydrogen) atoms. The van der Waals surface area contributed by atoms with Gasteiger partial charge in [0.25, 0.3) is 0 Å². The first-order chi connectivity index (χ1) is 9.79. The average Bonchev–Trinajstić information content (AvgIpc) is 2.23. The summed E-state index contributed by atoms with van der Waals surface area (Å²) in [6.45, 7) is -2.79. The molecule has 0 bridgehead atoms. The minimum absolute atomic E-state index is 0.789. The van der Waals surface area contributed by atoms with Crippen LogP contribution in [0.15, 0.2) is 0 Å². The van der Waals surface area contributed by atoms with E-state index in [-0.39, 0.29) is 0 Å². The van der Waals surface area contributed by atoms with Crippen LogP contribution in [0.3, 0.4) is 0 Å². The van der Waals surface area contributed by atoms with Gasteiger partial charge in [0.05, 0.1) is 14.1 Å². The number of nitrogens with zero attached hydrogens (tertiary/aromatic N) is 1. The summed E-state index contributed by atoms with van der Waals surface area (Å²) in [5.41, 5.74) is 0. The fourth-order valence-corrected chi connectivity index (χ4v) is 1.56. The molecule has 0 fully saturated rings. The van der Waals surface area contributed by atoms with Crippen molar-refractivity contribution in [1.29, 1.82) is 0 Å². The quantitative estimate of drug-likeness (QED) is 0.554. The fraction of sp³-hybridized carbons (Fsp3) is 0.900. The third-order valence-electron chi connectivity index (χ3n) is 2.78. The van der Waals surface area contributed by atoms with E-state index in [1.165, 1.54) is 0 Å². The molecule has 1 N–H and O–H groups in total. The number of aliphatic carboxylic acids is 1. The smallest absolute Gasteiger partial charge is 0.460 e. The minimum atomic E-state index is -7.18. The maximum Gasteiger partial charge on any atom is 0.460 e. The second kappa shape index (κ2) is 5.98. The van der Waals surface area contributed by atoms with Crippen molar-refractivity contribution in [3.05, 3.63) is 0 Å². The van der Waals surface area contributed by atoms with Crippen molar-refractivity contribution < 1.29 is 58.3 Å². The van der Waals surface area contributed by atoms with Gasteiger partial charge in [-0.2, -0.15) is 39.5 Å². The van der Waals surface area contributed by atoms with Gasteiger partial charge in [0.15, 0.2) is 6.54 Å². The Kier molecular flexibility index (Phi) is 5.65. The molecule has 0 aliphatic rings. The molecule has 3 nitrogen and oxygen atoms in total. The van der Waals surface area contributed by atoms with Crippen LogP contribution in [0, 0.1) is 0 Å². The van der Waals surface area contributed by atoms with Crippen LogP contribution in [0.25, 0.3) is 0 Å². The standard InChI is InChI=1S/C10H11F10NO2/c1-21(2,4-6(22)23)3-5(11)7(12,13)8(14,15)9(16,17)10(18,19)20/h5H,3-4H2,1-2H3/p+1. The van der Waals surface area contributed by atoms with Gasteiger partial charge >= 0.3 is 29.9 Å². The Labute approximate surface area is 123 Å².